The number of benzene rings is 1. The second kappa shape index (κ2) is 7.75. The highest BCUT2D eigenvalue weighted by atomic mass is 16.6. The molecule has 116 valence electrons. The topological polar surface area (TPSA) is 83.0 Å². The number of hydrogen-bond donors (Lipinski definition) is 3. The lowest BCUT2D eigenvalue weighted by Gasteiger charge is -2.21. The van der Waals surface area contributed by atoms with Gasteiger partial charge in [-0.05, 0) is 44.9 Å². The molecule has 0 aliphatic rings. The summed E-state index contributed by atoms with van der Waals surface area (Å²) in [6.45, 7) is 7.63. The molecule has 0 spiro atoms. The van der Waals surface area contributed by atoms with Crippen molar-refractivity contribution in [3.8, 4) is 0 Å². The van der Waals surface area contributed by atoms with Crippen LogP contribution in [0.25, 0.3) is 0 Å². The molecule has 0 heterocycles. The standard InChI is InChI=1S/C15H23N3O3/c1-11(16-10-14(19)21-15(2,3)4)13-7-5-6-12(8-13)9-17-18-20/h5-9,11,16,18,20H,10H2,1-4H3/b17-9-/t11-/m1/s1. The zero-order chi connectivity index (χ0) is 15.9. The first-order valence-corrected chi connectivity index (χ1v) is 6.79. The highest BCUT2D eigenvalue weighted by Crippen LogP contribution is 2.13. The molecule has 0 aliphatic carbocycles. The number of rotatable bonds is 6. The number of hydrogen-bond acceptors (Lipinski definition) is 6. The second-order valence-electron chi connectivity index (χ2n) is 5.72. The van der Waals surface area contributed by atoms with Crippen LogP contribution in [0.2, 0.25) is 0 Å². The zero-order valence-corrected chi connectivity index (χ0v) is 12.9. The molecule has 3 N–H and O–H groups in total. The highest BCUT2D eigenvalue weighted by molar-refractivity contribution is 5.79. The van der Waals surface area contributed by atoms with E-state index < -0.39 is 5.60 Å². The lowest BCUT2D eigenvalue weighted by atomic mass is 10.1. The van der Waals surface area contributed by atoms with Gasteiger partial charge in [0.2, 0.25) is 0 Å². The van der Waals surface area contributed by atoms with E-state index in [1.54, 1.807) is 5.59 Å². The van der Waals surface area contributed by atoms with E-state index in [1.807, 2.05) is 52.0 Å². The van der Waals surface area contributed by atoms with Crippen LogP contribution >= 0.6 is 0 Å². The van der Waals surface area contributed by atoms with Crippen LogP contribution < -0.4 is 10.9 Å². The van der Waals surface area contributed by atoms with Gasteiger partial charge in [-0.3, -0.25) is 10.0 Å². The summed E-state index contributed by atoms with van der Waals surface area (Å²) < 4.78 is 5.24. The maximum atomic E-state index is 11.7. The maximum absolute atomic E-state index is 11.7. The summed E-state index contributed by atoms with van der Waals surface area (Å²) >= 11 is 0. The van der Waals surface area contributed by atoms with Crippen LogP contribution in [0.5, 0.6) is 0 Å². The summed E-state index contributed by atoms with van der Waals surface area (Å²) in [5, 5.41) is 15.1. The smallest absolute Gasteiger partial charge is 0.320 e. The fourth-order valence-corrected chi connectivity index (χ4v) is 1.74. The number of ether oxygens (including phenoxy) is 1. The minimum absolute atomic E-state index is 0.00652. The van der Waals surface area contributed by atoms with Crippen LogP contribution in [0.4, 0.5) is 0 Å². The van der Waals surface area contributed by atoms with Gasteiger partial charge in [0.15, 0.2) is 0 Å². The number of hydrazone groups is 1. The van der Waals surface area contributed by atoms with Gasteiger partial charge in [-0.15, -0.1) is 0 Å². The molecule has 21 heavy (non-hydrogen) atoms. The first-order valence-electron chi connectivity index (χ1n) is 6.79. The highest BCUT2D eigenvalue weighted by Gasteiger charge is 2.16. The van der Waals surface area contributed by atoms with Crippen LogP contribution in [-0.4, -0.2) is 29.5 Å². The first-order chi connectivity index (χ1) is 9.81. The minimum atomic E-state index is -0.477. The Bertz CT molecular complexity index is 495. The van der Waals surface area contributed by atoms with Crippen LogP contribution in [0.15, 0.2) is 29.4 Å². The van der Waals surface area contributed by atoms with E-state index in [9.17, 15) is 4.79 Å². The van der Waals surface area contributed by atoms with Crippen LogP contribution in [0.1, 0.15) is 44.9 Å². The van der Waals surface area contributed by atoms with E-state index in [0.29, 0.717) is 0 Å². The van der Waals surface area contributed by atoms with Crippen molar-refractivity contribution in [1.29, 1.82) is 0 Å². The lowest BCUT2D eigenvalue weighted by Crippen LogP contribution is -2.32. The summed E-state index contributed by atoms with van der Waals surface area (Å²) in [6, 6.07) is 7.63. The average molecular weight is 293 g/mol. The number of nitrogens with one attached hydrogen (secondary N) is 2. The summed E-state index contributed by atoms with van der Waals surface area (Å²) in [7, 11) is 0. The predicted molar refractivity (Wildman–Crippen MR) is 81.2 cm³/mol. The maximum Gasteiger partial charge on any atom is 0.320 e. The van der Waals surface area contributed by atoms with Crippen molar-refractivity contribution in [1.82, 2.24) is 10.9 Å². The van der Waals surface area contributed by atoms with E-state index in [-0.39, 0.29) is 18.6 Å². The van der Waals surface area contributed by atoms with Gasteiger partial charge < -0.3 is 10.1 Å². The van der Waals surface area contributed by atoms with Crippen molar-refractivity contribution in [3.63, 3.8) is 0 Å². The Morgan fingerprint density at radius 3 is 2.81 bits per heavy atom. The molecule has 1 atom stereocenters. The number of nitrogens with zero attached hydrogens (tertiary/aromatic N) is 1. The van der Waals surface area contributed by atoms with Crippen LogP contribution in [0, 0.1) is 0 Å². The molecule has 0 unspecified atom stereocenters. The quantitative estimate of drug-likeness (QED) is 0.424. The van der Waals surface area contributed by atoms with Gasteiger partial charge in [0, 0.05) is 6.04 Å². The number of esters is 1. The molecule has 6 heteroatoms. The molecule has 0 radical (unpaired) electrons. The van der Waals surface area contributed by atoms with Gasteiger partial charge in [-0.2, -0.15) is 10.7 Å². The lowest BCUT2D eigenvalue weighted by molar-refractivity contribution is -0.153. The van der Waals surface area contributed by atoms with Crippen LogP contribution in [0.3, 0.4) is 0 Å². The normalized spacial score (nSPS) is 13.2. The van der Waals surface area contributed by atoms with Gasteiger partial charge in [-0.25, -0.2) is 0 Å². The molecule has 0 aromatic heterocycles. The predicted octanol–water partition coefficient (Wildman–Crippen LogP) is 1.99. The Hall–Kier alpha value is -1.92. The van der Waals surface area contributed by atoms with E-state index in [1.165, 1.54) is 6.21 Å². The van der Waals surface area contributed by atoms with E-state index >= 15 is 0 Å². The van der Waals surface area contributed by atoms with Crippen LogP contribution in [-0.2, 0) is 9.53 Å². The third kappa shape index (κ3) is 6.87. The largest absolute Gasteiger partial charge is 0.459 e. The van der Waals surface area contributed by atoms with E-state index in [4.69, 9.17) is 9.94 Å². The number of carbonyl (C=O) groups excluding carboxylic acids is 1. The van der Waals surface area contributed by atoms with Gasteiger partial charge in [0.05, 0.1) is 12.8 Å². The molecule has 0 bridgehead atoms. The van der Waals surface area contributed by atoms with Crippen molar-refractivity contribution < 1.29 is 14.7 Å². The van der Waals surface area contributed by atoms with Crippen molar-refractivity contribution in [2.45, 2.75) is 39.3 Å². The molecular weight excluding hydrogens is 270 g/mol. The fourth-order valence-electron chi connectivity index (χ4n) is 1.74. The molecule has 0 saturated carbocycles. The summed E-state index contributed by atoms with van der Waals surface area (Å²) in [6.07, 6.45) is 1.50. The fraction of sp³-hybridized carbons (Fsp3) is 0.467. The zero-order valence-electron chi connectivity index (χ0n) is 12.9. The molecule has 0 saturated heterocycles. The van der Waals surface area contributed by atoms with Crippen molar-refractivity contribution >= 4 is 12.2 Å². The summed E-state index contributed by atoms with van der Waals surface area (Å²) in [5.41, 5.74) is 3.10. The molecular formula is C15H23N3O3. The Kier molecular flexibility index (Phi) is 6.33. The van der Waals surface area contributed by atoms with Gasteiger partial charge >= 0.3 is 5.97 Å². The Morgan fingerprint density at radius 2 is 2.19 bits per heavy atom. The van der Waals surface area contributed by atoms with Crippen molar-refractivity contribution in [2.24, 2.45) is 5.10 Å². The minimum Gasteiger partial charge on any atom is -0.459 e. The van der Waals surface area contributed by atoms with Gasteiger partial charge in [0.25, 0.3) is 0 Å². The monoisotopic (exact) mass is 293 g/mol. The first kappa shape index (κ1) is 17.1. The van der Waals surface area contributed by atoms with E-state index in [2.05, 4.69) is 10.4 Å². The third-order valence-corrected chi connectivity index (χ3v) is 2.65. The Labute approximate surface area is 125 Å². The van der Waals surface area contributed by atoms with E-state index in [0.717, 1.165) is 11.1 Å². The number of carbonyl (C=O) groups is 1. The SMILES string of the molecule is C[C@@H](NCC(=O)OC(C)(C)C)c1cccc(/C=N\NO)c1. The molecule has 6 nitrogen and oxygen atoms in total. The molecule has 0 aliphatic heterocycles. The third-order valence-electron chi connectivity index (χ3n) is 2.65. The average Bonchev–Trinajstić information content (AvgIpc) is 2.41. The molecule has 1 rings (SSSR count). The molecule has 1 aromatic carbocycles. The molecule has 0 amide bonds. The summed E-state index contributed by atoms with van der Waals surface area (Å²) in [5.74, 6) is -0.281. The Morgan fingerprint density at radius 1 is 1.48 bits per heavy atom. The van der Waals surface area contributed by atoms with Gasteiger partial charge in [-0.1, -0.05) is 18.2 Å². The molecule has 1 aromatic rings. The van der Waals surface area contributed by atoms with Crippen molar-refractivity contribution in [2.75, 3.05) is 6.54 Å². The van der Waals surface area contributed by atoms with Crippen molar-refractivity contribution in [3.05, 3.63) is 35.4 Å². The van der Waals surface area contributed by atoms with Gasteiger partial charge in [0.1, 0.15) is 5.60 Å². The second-order valence-corrected chi connectivity index (χ2v) is 5.72. The Balaban J connectivity index is 2.57. The molecule has 0 fully saturated rings. The summed E-state index contributed by atoms with van der Waals surface area (Å²) in [4.78, 5) is 11.7.